The lowest BCUT2D eigenvalue weighted by atomic mass is 9.22. The average molecular weight is 135 g/mol. The Morgan fingerprint density at radius 2 is 2.30 bits per heavy atom. The van der Waals surface area contributed by atoms with Crippen LogP contribution in [0.3, 0.4) is 0 Å². The van der Waals surface area contributed by atoms with Gasteiger partial charge < -0.3 is 0 Å². The predicted octanol–water partition coefficient (Wildman–Crippen LogP) is 2.69. The zero-order chi connectivity index (χ0) is 7.23. The second kappa shape index (κ2) is 4.87. The Morgan fingerprint density at radius 3 is 2.90 bits per heavy atom. The van der Waals surface area contributed by atoms with Gasteiger partial charge in [0, 0.05) is 0 Å². The van der Waals surface area contributed by atoms with Crippen LogP contribution >= 0.6 is 0 Å². The first-order valence-electron chi connectivity index (χ1n) is 4.77. The van der Waals surface area contributed by atoms with Gasteiger partial charge in [-0.05, 0) is 0 Å². The van der Waals surface area contributed by atoms with Gasteiger partial charge in [0.25, 0.3) is 0 Å². The van der Waals surface area contributed by atoms with Crippen LogP contribution in [0.5, 0.6) is 0 Å². The lowest BCUT2D eigenvalue weighted by Crippen LogP contribution is -2.13. The highest BCUT2D eigenvalue weighted by Gasteiger charge is 2.17. The van der Waals surface area contributed by atoms with E-state index in [1.54, 1.807) is 0 Å². The van der Waals surface area contributed by atoms with E-state index in [1.165, 1.54) is 44.6 Å². The van der Waals surface area contributed by atoms with Crippen LogP contribution in [0.25, 0.3) is 0 Å². The molecule has 1 fully saturated rings. The van der Waals surface area contributed by atoms with E-state index in [0.29, 0.717) is 0 Å². The first-order chi connectivity index (χ1) is 4.93. The molecule has 1 aliphatic heterocycles. The summed E-state index contributed by atoms with van der Waals surface area (Å²) in [4.78, 5) is 0. The van der Waals surface area contributed by atoms with Crippen LogP contribution in [0.1, 0.15) is 32.6 Å². The number of rotatable bonds is 4. The molecule has 0 bridgehead atoms. The molecular weight excluding hydrogens is 118 g/mol. The second-order valence-electron chi connectivity index (χ2n) is 3.42. The van der Waals surface area contributed by atoms with Crippen molar-refractivity contribution in [2.45, 2.75) is 51.6 Å². The lowest BCUT2D eigenvalue weighted by molar-refractivity contribution is 0.766. The summed E-state index contributed by atoms with van der Waals surface area (Å²) in [7, 11) is 2.52. The molecule has 0 atom stereocenters. The van der Waals surface area contributed by atoms with E-state index in [2.05, 4.69) is 14.1 Å². The zero-order valence-corrected chi connectivity index (χ0v) is 7.10. The first-order valence-corrected chi connectivity index (χ1v) is 4.77. The maximum atomic E-state index is 2.52. The third-order valence-corrected chi connectivity index (χ3v) is 2.46. The molecule has 0 saturated carbocycles. The highest BCUT2D eigenvalue weighted by Crippen LogP contribution is 2.17. The fraction of sp³-hybridized carbons (Fsp3) is 1.00. The van der Waals surface area contributed by atoms with Crippen LogP contribution < -0.4 is 0 Å². The lowest BCUT2D eigenvalue weighted by Gasteiger charge is -2.02. The van der Waals surface area contributed by atoms with Crippen LogP contribution in [0.2, 0.25) is 19.0 Å². The van der Waals surface area contributed by atoms with Crippen molar-refractivity contribution in [2.75, 3.05) is 0 Å². The Balaban J connectivity index is 1.91. The van der Waals surface area contributed by atoms with Crippen molar-refractivity contribution in [1.82, 2.24) is 0 Å². The van der Waals surface area contributed by atoms with Gasteiger partial charge in [-0.3, -0.25) is 0 Å². The molecule has 0 N–H and O–H groups in total. The molecule has 0 aromatic rings. The summed E-state index contributed by atoms with van der Waals surface area (Å²) in [6.07, 6.45) is 10.0. The van der Waals surface area contributed by atoms with Gasteiger partial charge >= 0.3 is 0 Å². The maximum Gasteiger partial charge on any atom is 0.100 e. The molecule has 1 heterocycles. The highest BCUT2D eigenvalue weighted by molar-refractivity contribution is 7.13. The van der Waals surface area contributed by atoms with Gasteiger partial charge in [0.05, 0.1) is 7.17 Å². The molecule has 1 radical (unpaired) electrons. The summed E-state index contributed by atoms with van der Waals surface area (Å²) in [6.45, 7) is 3.27. The molecule has 0 unspecified atom stereocenters. The smallest absolute Gasteiger partial charge is 0.0886 e. The average Bonchev–Trinajstić information content (AvgIpc) is 2.41. The second-order valence-corrected chi connectivity index (χ2v) is 3.42. The fourth-order valence-electron chi connectivity index (χ4n) is 1.77. The third-order valence-electron chi connectivity index (χ3n) is 2.46. The fourth-order valence-corrected chi connectivity index (χ4v) is 1.77. The molecule has 1 rings (SSSR count). The van der Waals surface area contributed by atoms with Crippen molar-refractivity contribution in [3.05, 3.63) is 0 Å². The van der Waals surface area contributed by atoms with Gasteiger partial charge in [-0.2, -0.15) is 0 Å². The topological polar surface area (TPSA) is 0 Å². The zero-order valence-electron chi connectivity index (χ0n) is 7.10. The van der Waals surface area contributed by atoms with Crippen molar-refractivity contribution in [3.63, 3.8) is 0 Å². The van der Waals surface area contributed by atoms with Crippen LogP contribution in [-0.4, -0.2) is 13.8 Å². The Morgan fingerprint density at radius 1 is 1.40 bits per heavy atom. The van der Waals surface area contributed by atoms with Gasteiger partial charge in [-0.1, -0.05) is 51.6 Å². The summed E-state index contributed by atoms with van der Waals surface area (Å²) < 4.78 is 0. The summed E-state index contributed by atoms with van der Waals surface area (Å²) >= 11 is 0. The molecule has 1 aliphatic rings. The van der Waals surface area contributed by atoms with Crippen molar-refractivity contribution in [3.8, 4) is 0 Å². The highest BCUT2D eigenvalue weighted by atomic mass is 13.9. The Bertz CT molecular complexity index is 77.3. The summed E-state index contributed by atoms with van der Waals surface area (Å²) in [5.41, 5.74) is 0. The van der Waals surface area contributed by atoms with Crippen LogP contribution in [-0.2, 0) is 0 Å². The minimum atomic E-state index is 0.992. The summed E-state index contributed by atoms with van der Waals surface area (Å²) in [5, 5.41) is 0. The number of unbranched alkanes of at least 4 members (excludes halogenated alkanes) is 2. The minimum absolute atomic E-state index is 0.992. The van der Waals surface area contributed by atoms with Gasteiger partial charge in [0.1, 0.15) is 6.60 Å². The SMILES string of the molecule is CCCCCB1[B]CCC1. The van der Waals surface area contributed by atoms with Gasteiger partial charge in [0.2, 0.25) is 0 Å². The molecule has 0 aromatic carbocycles. The number of hydrogen-bond acceptors (Lipinski definition) is 0. The van der Waals surface area contributed by atoms with Crippen molar-refractivity contribution in [2.24, 2.45) is 0 Å². The van der Waals surface area contributed by atoms with Crippen molar-refractivity contribution in [1.29, 1.82) is 0 Å². The van der Waals surface area contributed by atoms with Gasteiger partial charge in [-0.25, -0.2) is 0 Å². The van der Waals surface area contributed by atoms with E-state index in [4.69, 9.17) is 0 Å². The molecular formula is C8H17B2. The van der Waals surface area contributed by atoms with E-state index in [0.717, 1.165) is 6.60 Å². The molecule has 55 valence electrons. The van der Waals surface area contributed by atoms with Crippen molar-refractivity contribution >= 4 is 13.8 Å². The van der Waals surface area contributed by atoms with E-state index >= 15 is 0 Å². The Kier molecular flexibility index (Phi) is 4.01. The largest absolute Gasteiger partial charge is 0.100 e. The molecule has 0 aromatic heterocycles. The van der Waals surface area contributed by atoms with E-state index in [1.807, 2.05) is 0 Å². The van der Waals surface area contributed by atoms with Crippen LogP contribution in [0, 0.1) is 0 Å². The maximum absolute atomic E-state index is 2.52. The molecule has 0 spiro atoms. The van der Waals surface area contributed by atoms with E-state index in [9.17, 15) is 0 Å². The molecule has 0 amide bonds. The third kappa shape index (κ3) is 2.81. The van der Waals surface area contributed by atoms with Crippen LogP contribution in [0.15, 0.2) is 0 Å². The van der Waals surface area contributed by atoms with E-state index in [-0.39, 0.29) is 0 Å². The minimum Gasteiger partial charge on any atom is -0.0886 e. The van der Waals surface area contributed by atoms with Gasteiger partial charge in [0.15, 0.2) is 0 Å². The first kappa shape index (κ1) is 8.23. The number of hydrogen-bond donors (Lipinski definition) is 0. The Labute approximate surface area is 66.1 Å². The molecule has 0 aliphatic carbocycles. The van der Waals surface area contributed by atoms with Gasteiger partial charge in [-0.15, -0.1) is 0 Å². The monoisotopic (exact) mass is 135 g/mol. The molecule has 10 heavy (non-hydrogen) atoms. The normalized spacial score (nSPS) is 17.5. The quantitative estimate of drug-likeness (QED) is 0.410. The predicted molar refractivity (Wildman–Crippen MR) is 50.1 cm³/mol. The van der Waals surface area contributed by atoms with E-state index < -0.39 is 0 Å². The molecule has 0 nitrogen and oxygen atoms in total. The Hall–Kier alpha value is 0.130. The molecule has 1 saturated heterocycles. The summed E-state index contributed by atoms with van der Waals surface area (Å²) in [5.74, 6) is 0. The molecule has 2 heteroatoms. The summed E-state index contributed by atoms with van der Waals surface area (Å²) in [6, 6.07) is 0. The van der Waals surface area contributed by atoms with Crippen molar-refractivity contribution < 1.29 is 0 Å². The standard InChI is InChI=1S/C8H17B2/c1-2-3-4-7-10-8-5-6-9-10/h2-8H2,1H3. The van der Waals surface area contributed by atoms with Crippen LogP contribution in [0.4, 0.5) is 0 Å².